The number of rotatable bonds is 6. The molecule has 14 heavy (non-hydrogen) atoms. The predicted octanol–water partition coefficient (Wildman–Crippen LogP) is 3.02. The largest absolute Gasteiger partial charge is 0.463 e. The van der Waals surface area contributed by atoms with E-state index in [1.807, 2.05) is 18.2 Å². The van der Waals surface area contributed by atoms with Gasteiger partial charge in [0.25, 0.3) is 0 Å². The second kappa shape index (κ2) is 8.30. The van der Waals surface area contributed by atoms with Crippen LogP contribution in [0.2, 0.25) is 0 Å². The summed E-state index contributed by atoms with van der Waals surface area (Å²) in [5, 5.41) is 0. The maximum absolute atomic E-state index is 11.1. The fourth-order valence-corrected chi connectivity index (χ4v) is 0.917. The maximum atomic E-state index is 11.1. The molecular formula is C12H18O2. The Balaban J connectivity index is 3.81. The molecule has 0 radical (unpaired) electrons. The number of ether oxygens (including phenoxy) is 1. The summed E-state index contributed by atoms with van der Waals surface area (Å²) < 4.78 is 4.84. The minimum Gasteiger partial charge on any atom is -0.463 e. The number of hydrogen-bond donors (Lipinski definition) is 0. The van der Waals surface area contributed by atoms with E-state index in [9.17, 15) is 4.79 Å². The molecule has 0 aromatic heterocycles. The van der Waals surface area contributed by atoms with Crippen molar-refractivity contribution in [2.24, 2.45) is 0 Å². The van der Waals surface area contributed by atoms with Gasteiger partial charge in [-0.3, -0.25) is 0 Å². The normalized spacial score (nSPS) is 11.7. The van der Waals surface area contributed by atoms with Crippen LogP contribution in [0.4, 0.5) is 0 Å². The predicted molar refractivity (Wildman–Crippen MR) is 59.0 cm³/mol. The molecule has 0 saturated carbocycles. The van der Waals surface area contributed by atoms with Crippen molar-refractivity contribution in [3.05, 3.63) is 36.5 Å². The lowest BCUT2D eigenvalue weighted by Gasteiger charge is -2.00. The van der Waals surface area contributed by atoms with E-state index in [2.05, 4.69) is 6.58 Å². The highest BCUT2D eigenvalue weighted by Crippen LogP contribution is 2.01. The van der Waals surface area contributed by atoms with E-state index in [1.165, 1.54) is 0 Å². The maximum Gasteiger partial charge on any atom is 0.333 e. The van der Waals surface area contributed by atoms with Gasteiger partial charge in [-0.05, 0) is 26.7 Å². The Hall–Kier alpha value is -1.31. The van der Waals surface area contributed by atoms with E-state index >= 15 is 0 Å². The summed E-state index contributed by atoms with van der Waals surface area (Å²) in [4.78, 5) is 11.1. The molecule has 0 aromatic rings. The van der Waals surface area contributed by atoms with Gasteiger partial charge < -0.3 is 4.74 Å². The minimum absolute atomic E-state index is 0.222. The number of carbonyl (C=O) groups is 1. The summed E-state index contributed by atoms with van der Waals surface area (Å²) in [5.41, 5.74) is 0.679. The monoisotopic (exact) mass is 194 g/mol. The Bertz CT molecular complexity index is 237. The van der Waals surface area contributed by atoms with Crippen molar-refractivity contribution < 1.29 is 9.53 Å². The van der Waals surface area contributed by atoms with E-state index in [1.54, 1.807) is 19.9 Å². The molecule has 0 amide bonds. The molecule has 0 spiro atoms. The van der Waals surface area contributed by atoms with Crippen LogP contribution in [0.25, 0.3) is 0 Å². The quantitative estimate of drug-likeness (QED) is 0.281. The molecule has 0 aliphatic carbocycles. The van der Waals surface area contributed by atoms with Gasteiger partial charge in [0.2, 0.25) is 0 Å². The summed E-state index contributed by atoms with van der Waals surface area (Å²) in [6.45, 7) is 7.58. The zero-order valence-electron chi connectivity index (χ0n) is 8.95. The second-order valence-electron chi connectivity index (χ2n) is 2.85. The highest BCUT2D eigenvalue weighted by Gasteiger charge is 2.02. The number of esters is 1. The third-order valence-corrected chi connectivity index (χ3v) is 1.65. The van der Waals surface area contributed by atoms with Gasteiger partial charge >= 0.3 is 5.97 Å². The van der Waals surface area contributed by atoms with Crippen LogP contribution < -0.4 is 0 Å². The Morgan fingerprint density at radius 3 is 2.71 bits per heavy atom. The smallest absolute Gasteiger partial charge is 0.333 e. The zero-order chi connectivity index (χ0) is 10.8. The van der Waals surface area contributed by atoms with Crippen LogP contribution in [0.1, 0.15) is 26.7 Å². The molecule has 0 bridgehead atoms. The van der Waals surface area contributed by atoms with Crippen LogP contribution in [0.5, 0.6) is 0 Å². The highest BCUT2D eigenvalue weighted by molar-refractivity contribution is 5.87. The number of hydrogen-bond acceptors (Lipinski definition) is 2. The van der Waals surface area contributed by atoms with E-state index in [-0.39, 0.29) is 5.97 Å². The Morgan fingerprint density at radius 2 is 2.14 bits per heavy atom. The standard InChI is InChI=1S/C12H18O2/c1-4-6-7-8-9-10-11(3)12(13)14-5-2/h4,6-7,10H,1,5,8-9H2,2-3H3/b7-6+,11-10+. The lowest BCUT2D eigenvalue weighted by atomic mass is 10.2. The van der Waals surface area contributed by atoms with Crippen molar-refractivity contribution in [2.75, 3.05) is 6.61 Å². The van der Waals surface area contributed by atoms with Gasteiger partial charge in [0.1, 0.15) is 0 Å². The first-order valence-electron chi connectivity index (χ1n) is 4.83. The highest BCUT2D eigenvalue weighted by atomic mass is 16.5. The molecule has 0 saturated heterocycles. The van der Waals surface area contributed by atoms with E-state index < -0.39 is 0 Å². The summed E-state index contributed by atoms with van der Waals surface area (Å²) in [7, 11) is 0. The van der Waals surface area contributed by atoms with Gasteiger partial charge in [0, 0.05) is 5.57 Å². The summed E-state index contributed by atoms with van der Waals surface area (Å²) in [5.74, 6) is -0.222. The molecule has 0 fully saturated rings. The summed E-state index contributed by atoms with van der Waals surface area (Å²) in [6, 6.07) is 0. The van der Waals surface area contributed by atoms with Crippen LogP contribution in [0.3, 0.4) is 0 Å². The molecule has 78 valence electrons. The van der Waals surface area contributed by atoms with E-state index in [0.29, 0.717) is 12.2 Å². The van der Waals surface area contributed by atoms with Crippen LogP contribution >= 0.6 is 0 Å². The van der Waals surface area contributed by atoms with Gasteiger partial charge in [-0.1, -0.05) is 30.9 Å². The molecule has 0 atom stereocenters. The SMILES string of the molecule is C=C/C=C/CC/C=C(\C)C(=O)OCC. The topological polar surface area (TPSA) is 26.3 Å². The first-order chi connectivity index (χ1) is 6.72. The molecular weight excluding hydrogens is 176 g/mol. The third kappa shape index (κ3) is 6.23. The van der Waals surface area contributed by atoms with Crippen molar-refractivity contribution in [3.63, 3.8) is 0 Å². The van der Waals surface area contributed by atoms with Gasteiger partial charge in [0.05, 0.1) is 6.61 Å². The molecule has 0 rings (SSSR count). The van der Waals surface area contributed by atoms with Gasteiger partial charge in [-0.15, -0.1) is 0 Å². The molecule has 0 unspecified atom stereocenters. The molecule has 2 nitrogen and oxygen atoms in total. The Kier molecular flexibility index (Phi) is 7.52. The average Bonchev–Trinajstić information content (AvgIpc) is 2.17. The van der Waals surface area contributed by atoms with Crippen molar-refractivity contribution in [1.82, 2.24) is 0 Å². The average molecular weight is 194 g/mol. The van der Waals surface area contributed by atoms with Gasteiger partial charge in [-0.25, -0.2) is 4.79 Å². The second-order valence-corrected chi connectivity index (χ2v) is 2.85. The van der Waals surface area contributed by atoms with E-state index in [4.69, 9.17) is 4.74 Å². The molecule has 0 N–H and O–H groups in total. The first-order valence-corrected chi connectivity index (χ1v) is 4.83. The van der Waals surface area contributed by atoms with Crippen LogP contribution in [0.15, 0.2) is 36.5 Å². The first kappa shape index (κ1) is 12.7. The van der Waals surface area contributed by atoms with Crippen LogP contribution in [-0.2, 0) is 9.53 Å². The molecule has 0 aromatic carbocycles. The minimum atomic E-state index is -0.222. The van der Waals surface area contributed by atoms with Crippen molar-refractivity contribution in [1.29, 1.82) is 0 Å². The van der Waals surface area contributed by atoms with Gasteiger partial charge in [0.15, 0.2) is 0 Å². The molecule has 0 aliphatic rings. The van der Waals surface area contributed by atoms with Crippen molar-refractivity contribution in [3.8, 4) is 0 Å². The number of carbonyl (C=O) groups excluding carboxylic acids is 1. The van der Waals surface area contributed by atoms with Crippen molar-refractivity contribution >= 4 is 5.97 Å². The Labute approximate surface area is 86.0 Å². The lowest BCUT2D eigenvalue weighted by molar-refractivity contribution is -0.138. The molecule has 2 heteroatoms. The third-order valence-electron chi connectivity index (χ3n) is 1.65. The number of allylic oxidation sites excluding steroid dienone is 4. The summed E-state index contributed by atoms with van der Waals surface area (Å²) >= 11 is 0. The molecule has 0 heterocycles. The van der Waals surface area contributed by atoms with Gasteiger partial charge in [-0.2, -0.15) is 0 Å². The summed E-state index contributed by atoms with van der Waals surface area (Å²) in [6.07, 6.45) is 9.32. The number of unbranched alkanes of at least 4 members (excludes halogenated alkanes) is 1. The fourth-order valence-electron chi connectivity index (χ4n) is 0.917. The van der Waals surface area contributed by atoms with Crippen LogP contribution in [-0.4, -0.2) is 12.6 Å². The fraction of sp³-hybridized carbons (Fsp3) is 0.417. The zero-order valence-corrected chi connectivity index (χ0v) is 8.95. The lowest BCUT2D eigenvalue weighted by Crippen LogP contribution is -2.04. The van der Waals surface area contributed by atoms with E-state index in [0.717, 1.165) is 12.8 Å². The Morgan fingerprint density at radius 1 is 1.43 bits per heavy atom. The molecule has 0 aliphatic heterocycles. The van der Waals surface area contributed by atoms with Crippen LogP contribution in [0, 0.1) is 0 Å². The van der Waals surface area contributed by atoms with Crippen molar-refractivity contribution in [2.45, 2.75) is 26.7 Å².